The molecule has 4 nitrogen and oxygen atoms in total. The van der Waals surface area contributed by atoms with E-state index in [4.69, 9.17) is 11.6 Å². The minimum Gasteiger partial charge on any atom is -0.267 e. The maximum atomic E-state index is 12.4. The molecule has 23 heavy (non-hydrogen) atoms. The van der Waals surface area contributed by atoms with Crippen molar-refractivity contribution in [3.63, 3.8) is 0 Å². The quantitative estimate of drug-likeness (QED) is 0.563. The van der Waals surface area contributed by atoms with Crippen molar-refractivity contribution in [2.45, 2.75) is 0 Å². The van der Waals surface area contributed by atoms with Gasteiger partial charge in [-0.1, -0.05) is 41.9 Å². The average Bonchev–Trinajstić information content (AvgIpc) is 2.97. The fraction of sp³-hybridized carbons (Fsp3) is 0. The second-order valence-corrected chi connectivity index (χ2v) is 5.57. The molecule has 4 rings (SSSR count). The van der Waals surface area contributed by atoms with Crippen LogP contribution in [0.2, 0.25) is 5.02 Å². The van der Waals surface area contributed by atoms with Crippen LogP contribution in [0.4, 0.5) is 0 Å². The van der Waals surface area contributed by atoms with Crippen molar-refractivity contribution < 1.29 is 0 Å². The number of hydrogen-bond acceptors (Lipinski definition) is 2. The summed E-state index contributed by atoms with van der Waals surface area (Å²) in [5.74, 6) is 0. The molecule has 0 amide bonds. The molecule has 0 radical (unpaired) electrons. The van der Waals surface area contributed by atoms with Gasteiger partial charge in [-0.3, -0.25) is 4.79 Å². The molecule has 0 aliphatic carbocycles. The first-order chi connectivity index (χ1) is 11.2. The number of benzene rings is 2. The highest BCUT2D eigenvalue weighted by Gasteiger charge is 2.14. The molecule has 0 unspecified atom stereocenters. The second-order valence-electron chi connectivity index (χ2n) is 5.14. The number of fused-ring (bicyclic) bond motifs is 1. The molecular weight excluding hydrogens is 310 g/mol. The van der Waals surface area contributed by atoms with Crippen LogP contribution in [0.25, 0.3) is 22.6 Å². The van der Waals surface area contributed by atoms with Gasteiger partial charge in [0.15, 0.2) is 5.65 Å². The topological polar surface area (TPSA) is 39.3 Å². The first-order valence-electron chi connectivity index (χ1n) is 7.15. The summed E-state index contributed by atoms with van der Waals surface area (Å²) in [5.41, 5.74) is 3.22. The van der Waals surface area contributed by atoms with E-state index in [0.29, 0.717) is 10.7 Å². The molecule has 112 valence electrons. The van der Waals surface area contributed by atoms with E-state index in [9.17, 15) is 4.79 Å². The van der Waals surface area contributed by atoms with E-state index in [1.54, 1.807) is 16.6 Å². The van der Waals surface area contributed by atoms with Crippen LogP contribution in [0.3, 0.4) is 0 Å². The predicted octanol–water partition coefficient (Wildman–Crippen LogP) is 3.81. The van der Waals surface area contributed by atoms with Crippen LogP contribution in [0.15, 0.2) is 77.7 Å². The van der Waals surface area contributed by atoms with Gasteiger partial charge in [-0.25, -0.2) is 9.67 Å². The van der Waals surface area contributed by atoms with Gasteiger partial charge in [0.25, 0.3) is 5.56 Å². The van der Waals surface area contributed by atoms with Gasteiger partial charge in [-0.15, -0.1) is 0 Å². The molecule has 0 bridgehead atoms. The average molecular weight is 322 g/mol. The Balaban J connectivity index is 2.11. The summed E-state index contributed by atoms with van der Waals surface area (Å²) >= 11 is 5.99. The number of halogens is 1. The van der Waals surface area contributed by atoms with Gasteiger partial charge in [0, 0.05) is 28.9 Å². The van der Waals surface area contributed by atoms with Crippen LogP contribution in [-0.2, 0) is 0 Å². The lowest BCUT2D eigenvalue weighted by Gasteiger charge is -2.11. The number of aromatic nitrogens is 3. The lowest BCUT2D eigenvalue weighted by molar-refractivity contribution is 0.770. The molecule has 0 aliphatic rings. The van der Waals surface area contributed by atoms with Crippen molar-refractivity contribution in [3.05, 3.63) is 88.3 Å². The summed E-state index contributed by atoms with van der Waals surface area (Å²) in [5, 5.41) is 0.650. The third kappa shape index (κ3) is 2.33. The molecule has 5 heteroatoms. The highest BCUT2D eigenvalue weighted by atomic mass is 35.5. The molecule has 0 N–H and O–H groups in total. The Morgan fingerprint density at radius 2 is 1.65 bits per heavy atom. The van der Waals surface area contributed by atoms with Crippen LogP contribution in [-0.4, -0.2) is 14.2 Å². The van der Waals surface area contributed by atoms with E-state index in [0.717, 1.165) is 16.9 Å². The lowest BCUT2D eigenvalue weighted by atomic mass is 10.1. The van der Waals surface area contributed by atoms with Crippen LogP contribution in [0.5, 0.6) is 0 Å². The van der Waals surface area contributed by atoms with Gasteiger partial charge in [-0.05, 0) is 24.3 Å². The molecule has 0 fully saturated rings. The summed E-state index contributed by atoms with van der Waals surface area (Å²) in [6.45, 7) is 0. The van der Waals surface area contributed by atoms with Gasteiger partial charge in [0.2, 0.25) is 0 Å². The van der Waals surface area contributed by atoms with Gasteiger partial charge in [-0.2, -0.15) is 4.52 Å². The summed E-state index contributed by atoms with van der Waals surface area (Å²) in [4.78, 5) is 16.7. The smallest absolute Gasteiger partial charge is 0.267 e. The van der Waals surface area contributed by atoms with Crippen LogP contribution in [0, 0.1) is 0 Å². The third-order valence-corrected chi connectivity index (χ3v) is 3.94. The van der Waals surface area contributed by atoms with Crippen molar-refractivity contribution in [2.24, 2.45) is 0 Å². The van der Waals surface area contributed by atoms with Crippen molar-refractivity contribution >= 4 is 17.2 Å². The van der Waals surface area contributed by atoms with E-state index >= 15 is 0 Å². The van der Waals surface area contributed by atoms with Gasteiger partial charge < -0.3 is 0 Å². The zero-order chi connectivity index (χ0) is 15.8. The zero-order valence-corrected chi connectivity index (χ0v) is 12.8. The minimum atomic E-state index is -0.132. The van der Waals surface area contributed by atoms with Crippen molar-refractivity contribution in [2.75, 3.05) is 0 Å². The Labute approximate surface area is 137 Å². The van der Waals surface area contributed by atoms with E-state index in [1.165, 1.54) is 12.3 Å². The zero-order valence-electron chi connectivity index (χ0n) is 12.1. The Kier molecular flexibility index (Phi) is 3.24. The summed E-state index contributed by atoms with van der Waals surface area (Å²) < 4.78 is 3.42. The Morgan fingerprint density at radius 3 is 2.39 bits per heavy atom. The van der Waals surface area contributed by atoms with Gasteiger partial charge in [0.05, 0.1) is 11.4 Å². The molecule has 0 spiro atoms. The second kappa shape index (κ2) is 5.41. The fourth-order valence-corrected chi connectivity index (χ4v) is 2.78. The number of rotatable bonds is 2. The Hall–Kier alpha value is -2.85. The first-order valence-corrected chi connectivity index (χ1v) is 7.53. The summed E-state index contributed by atoms with van der Waals surface area (Å²) in [6, 6.07) is 20.6. The summed E-state index contributed by atoms with van der Waals surface area (Å²) in [6.07, 6.45) is 1.53. The molecule has 4 aromatic rings. The lowest BCUT2D eigenvalue weighted by Crippen LogP contribution is -2.19. The van der Waals surface area contributed by atoms with Crippen LogP contribution >= 0.6 is 11.6 Å². The maximum absolute atomic E-state index is 12.4. The molecule has 2 aromatic heterocycles. The number of nitrogens with zero attached hydrogens (tertiary/aromatic N) is 3. The maximum Gasteiger partial charge on any atom is 0.273 e. The molecule has 2 aromatic carbocycles. The first kappa shape index (κ1) is 13.8. The fourth-order valence-electron chi connectivity index (χ4n) is 2.66. The van der Waals surface area contributed by atoms with Crippen LogP contribution in [0.1, 0.15) is 0 Å². The molecule has 0 saturated carbocycles. The van der Waals surface area contributed by atoms with Crippen molar-refractivity contribution in [1.82, 2.24) is 14.2 Å². The standard InChI is InChI=1S/C18H12ClN3O/c19-14-6-8-15(9-7-14)21-16(13-4-2-1-3-5-13)12-17-20-11-10-18(23)22(17)21/h1-12H. The third-order valence-electron chi connectivity index (χ3n) is 3.68. The van der Waals surface area contributed by atoms with E-state index in [1.807, 2.05) is 53.2 Å². The monoisotopic (exact) mass is 321 g/mol. The number of hydrogen-bond donors (Lipinski definition) is 0. The van der Waals surface area contributed by atoms with E-state index < -0.39 is 0 Å². The molecular formula is C18H12ClN3O. The largest absolute Gasteiger partial charge is 0.273 e. The minimum absolute atomic E-state index is 0.132. The van der Waals surface area contributed by atoms with E-state index in [2.05, 4.69) is 4.98 Å². The van der Waals surface area contributed by atoms with Gasteiger partial charge >= 0.3 is 0 Å². The van der Waals surface area contributed by atoms with Gasteiger partial charge in [0.1, 0.15) is 0 Å². The Bertz CT molecular complexity index is 1030. The van der Waals surface area contributed by atoms with E-state index in [-0.39, 0.29) is 5.56 Å². The molecule has 2 heterocycles. The molecule has 0 aliphatic heterocycles. The summed E-state index contributed by atoms with van der Waals surface area (Å²) in [7, 11) is 0. The van der Waals surface area contributed by atoms with Crippen molar-refractivity contribution in [1.29, 1.82) is 0 Å². The highest BCUT2D eigenvalue weighted by molar-refractivity contribution is 6.30. The normalized spacial score (nSPS) is 11.0. The highest BCUT2D eigenvalue weighted by Crippen LogP contribution is 2.25. The molecule has 0 saturated heterocycles. The van der Waals surface area contributed by atoms with Crippen molar-refractivity contribution in [3.8, 4) is 16.9 Å². The predicted molar refractivity (Wildman–Crippen MR) is 91.2 cm³/mol. The SMILES string of the molecule is O=c1ccnc2cc(-c3ccccc3)n(-c3ccc(Cl)cc3)n12. The Morgan fingerprint density at radius 1 is 0.913 bits per heavy atom. The molecule has 0 atom stereocenters. The van der Waals surface area contributed by atoms with Crippen LogP contribution < -0.4 is 5.56 Å².